The number of amides is 1. The summed E-state index contributed by atoms with van der Waals surface area (Å²) in [5.74, 6) is -1.60. The fourth-order valence-corrected chi connectivity index (χ4v) is 3.13. The highest BCUT2D eigenvalue weighted by Crippen LogP contribution is 2.45. The summed E-state index contributed by atoms with van der Waals surface area (Å²) in [6, 6.07) is -0.295. The number of halogens is 3. The Morgan fingerprint density at radius 1 is 1.33 bits per heavy atom. The largest absolute Gasteiger partial charge is 0.394 e. The molecule has 0 spiro atoms. The molecule has 0 aromatic rings. The van der Waals surface area contributed by atoms with Crippen LogP contribution in [0.15, 0.2) is 0 Å². The molecule has 2 fully saturated rings. The molecule has 0 aromatic carbocycles. The average molecular weight is 264 g/mol. The first-order valence-electron chi connectivity index (χ1n) is 6.36. The lowest BCUT2D eigenvalue weighted by Crippen LogP contribution is -2.54. The standard InChI is InChI=1S/C12H19F3N2O/c1-11(2)9(12(13,14)15)5-7-17(11)10(18)8-4-3-6-16-8/h8-9,16H,3-7H2,1-2H3/t8-,9?/m0/s1. The predicted octanol–water partition coefficient (Wildman–Crippen LogP) is 1.93. The van der Waals surface area contributed by atoms with Gasteiger partial charge in [-0.3, -0.25) is 4.79 Å². The number of carbonyl (C=O) groups excluding carboxylic acids is 1. The average Bonchev–Trinajstić information content (AvgIpc) is 2.81. The fraction of sp³-hybridized carbons (Fsp3) is 0.917. The molecule has 0 aromatic heterocycles. The van der Waals surface area contributed by atoms with E-state index in [1.165, 1.54) is 18.7 Å². The van der Waals surface area contributed by atoms with E-state index in [1.807, 2.05) is 0 Å². The van der Waals surface area contributed by atoms with Crippen LogP contribution in [0.25, 0.3) is 0 Å². The topological polar surface area (TPSA) is 32.3 Å². The van der Waals surface area contributed by atoms with Gasteiger partial charge in [0.25, 0.3) is 0 Å². The minimum atomic E-state index is -4.23. The first-order chi connectivity index (χ1) is 8.24. The molecule has 2 atom stereocenters. The van der Waals surface area contributed by atoms with Crippen LogP contribution in [0, 0.1) is 5.92 Å². The van der Waals surface area contributed by atoms with Gasteiger partial charge in [-0.2, -0.15) is 13.2 Å². The third-order valence-electron chi connectivity index (χ3n) is 4.21. The smallest absolute Gasteiger partial charge is 0.336 e. The fourth-order valence-electron chi connectivity index (χ4n) is 3.13. The van der Waals surface area contributed by atoms with E-state index in [9.17, 15) is 18.0 Å². The van der Waals surface area contributed by atoms with E-state index in [1.54, 1.807) is 0 Å². The van der Waals surface area contributed by atoms with Gasteiger partial charge in [-0.25, -0.2) is 0 Å². The maximum Gasteiger partial charge on any atom is 0.394 e. The highest BCUT2D eigenvalue weighted by Gasteiger charge is 2.56. The van der Waals surface area contributed by atoms with Crippen LogP contribution in [0.4, 0.5) is 13.2 Å². The van der Waals surface area contributed by atoms with Gasteiger partial charge in [0.05, 0.1) is 12.0 Å². The second-order valence-electron chi connectivity index (χ2n) is 5.68. The number of hydrogen-bond acceptors (Lipinski definition) is 2. The van der Waals surface area contributed by atoms with Gasteiger partial charge in [0.1, 0.15) is 0 Å². The minimum absolute atomic E-state index is 0.00889. The van der Waals surface area contributed by atoms with Crippen molar-refractivity contribution in [2.45, 2.75) is 50.9 Å². The first-order valence-corrected chi connectivity index (χ1v) is 6.36. The molecule has 0 saturated carbocycles. The zero-order chi connectivity index (χ0) is 13.6. The van der Waals surface area contributed by atoms with Crippen molar-refractivity contribution in [1.29, 1.82) is 0 Å². The van der Waals surface area contributed by atoms with Crippen molar-refractivity contribution in [2.24, 2.45) is 5.92 Å². The summed E-state index contributed by atoms with van der Waals surface area (Å²) < 4.78 is 38.8. The van der Waals surface area contributed by atoms with Crippen LogP contribution in [0.2, 0.25) is 0 Å². The molecule has 6 heteroatoms. The van der Waals surface area contributed by atoms with Crippen LogP contribution in [0.5, 0.6) is 0 Å². The molecule has 3 nitrogen and oxygen atoms in total. The molecule has 2 saturated heterocycles. The minimum Gasteiger partial charge on any atom is -0.336 e. The molecule has 0 aliphatic carbocycles. The van der Waals surface area contributed by atoms with Crippen molar-refractivity contribution in [3.8, 4) is 0 Å². The van der Waals surface area contributed by atoms with Gasteiger partial charge >= 0.3 is 6.18 Å². The second-order valence-corrected chi connectivity index (χ2v) is 5.68. The highest BCUT2D eigenvalue weighted by molar-refractivity contribution is 5.83. The van der Waals surface area contributed by atoms with E-state index in [2.05, 4.69) is 5.32 Å². The number of carbonyl (C=O) groups is 1. The van der Waals surface area contributed by atoms with Gasteiger partial charge in [0.15, 0.2) is 0 Å². The second kappa shape index (κ2) is 4.40. The molecule has 1 amide bonds. The van der Waals surface area contributed by atoms with Gasteiger partial charge in [0.2, 0.25) is 5.91 Å². The first kappa shape index (κ1) is 13.6. The van der Waals surface area contributed by atoms with Crippen LogP contribution >= 0.6 is 0 Å². The molecule has 0 radical (unpaired) electrons. The summed E-state index contributed by atoms with van der Waals surface area (Å²) in [6.07, 6.45) is -2.59. The monoisotopic (exact) mass is 264 g/mol. The Hall–Kier alpha value is -0.780. The van der Waals surface area contributed by atoms with Crippen molar-refractivity contribution < 1.29 is 18.0 Å². The molecule has 2 rings (SSSR count). The van der Waals surface area contributed by atoms with Crippen LogP contribution in [0.1, 0.15) is 33.1 Å². The summed E-state index contributed by atoms with van der Waals surface area (Å²) in [5, 5.41) is 3.05. The predicted molar refractivity (Wildman–Crippen MR) is 61.0 cm³/mol. The quantitative estimate of drug-likeness (QED) is 0.785. The molecule has 1 N–H and O–H groups in total. The molecule has 2 aliphatic rings. The number of nitrogens with one attached hydrogen (secondary N) is 1. The van der Waals surface area contributed by atoms with Crippen molar-refractivity contribution in [3.63, 3.8) is 0 Å². The Kier molecular flexibility index (Phi) is 3.34. The van der Waals surface area contributed by atoms with E-state index in [4.69, 9.17) is 0 Å². The van der Waals surface area contributed by atoms with Crippen molar-refractivity contribution >= 4 is 5.91 Å². The number of alkyl halides is 3. The Bertz CT molecular complexity index is 335. The van der Waals surface area contributed by atoms with E-state index >= 15 is 0 Å². The van der Waals surface area contributed by atoms with Crippen LogP contribution in [-0.2, 0) is 4.79 Å². The number of likely N-dealkylation sites (tertiary alicyclic amines) is 1. The van der Waals surface area contributed by atoms with Gasteiger partial charge in [-0.05, 0) is 39.7 Å². The SMILES string of the molecule is CC1(C)C(C(F)(F)F)CCN1C(=O)[C@@H]1CCCN1. The molecular weight excluding hydrogens is 245 g/mol. The van der Waals surface area contributed by atoms with Crippen LogP contribution < -0.4 is 5.32 Å². The molecular formula is C12H19F3N2O. The van der Waals surface area contributed by atoms with Crippen molar-refractivity contribution in [2.75, 3.05) is 13.1 Å². The molecule has 0 bridgehead atoms. The lowest BCUT2D eigenvalue weighted by molar-refractivity contribution is -0.192. The molecule has 1 unspecified atom stereocenters. The van der Waals surface area contributed by atoms with E-state index in [0.717, 1.165) is 19.4 Å². The normalized spacial score (nSPS) is 31.9. The Morgan fingerprint density at radius 2 is 2.00 bits per heavy atom. The highest BCUT2D eigenvalue weighted by atomic mass is 19.4. The van der Waals surface area contributed by atoms with Crippen LogP contribution in [0.3, 0.4) is 0 Å². The molecule has 2 heterocycles. The lowest BCUT2D eigenvalue weighted by Gasteiger charge is -2.38. The van der Waals surface area contributed by atoms with E-state index in [0.29, 0.717) is 0 Å². The lowest BCUT2D eigenvalue weighted by atomic mass is 9.87. The number of hydrogen-bond donors (Lipinski definition) is 1. The maximum atomic E-state index is 12.9. The van der Waals surface area contributed by atoms with E-state index in [-0.39, 0.29) is 24.9 Å². The molecule has 2 aliphatic heterocycles. The Morgan fingerprint density at radius 3 is 2.44 bits per heavy atom. The number of nitrogens with zero attached hydrogens (tertiary/aromatic N) is 1. The summed E-state index contributed by atoms with van der Waals surface area (Å²) >= 11 is 0. The zero-order valence-corrected chi connectivity index (χ0v) is 10.7. The van der Waals surface area contributed by atoms with Gasteiger partial charge < -0.3 is 10.2 Å². The Balaban J connectivity index is 2.13. The summed E-state index contributed by atoms with van der Waals surface area (Å²) in [6.45, 7) is 4.01. The van der Waals surface area contributed by atoms with Crippen molar-refractivity contribution in [3.05, 3.63) is 0 Å². The van der Waals surface area contributed by atoms with Gasteiger partial charge in [0, 0.05) is 12.1 Å². The summed E-state index contributed by atoms with van der Waals surface area (Å²) in [4.78, 5) is 13.6. The summed E-state index contributed by atoms with van der Waals surface area (Å²) in [5.41, 5.74) is -1.14. The molecule has 18 heavy (non-hydrogen) atoms. The van der Waals surface area contributed by atoms with E-state index < -0.39 is 17.6 Å². The third-order valence-corrected chi connectivity index (χ3v) is 4.21. The summed E-state index contributed by atoms with van der Waals surface area (Å²) in [7, 11) is 0. The van der Waals surface area contributed by atoms with Gasteiger partial charge in [-0.1, -0.05) is 0 Å². The van der Waals surface area contributed by atoms with Crippen LogP contribution in [-0.4, -0.2) is 41.7 Å². The number of rotatable bonds is 1. The Labute approximate surface area is 105 Å². The zero-order valence-electron chi connectivity index (χ0n) is 10.7. The maximum absolute atomic E-state index is 12.9. The molecule has 104 valence electrons. The third kappa shape index (κ3) is 2.22. The van der Waals surface area contributed by atoms with Crippen molar-refractivity contribution in [1.82, 2.24) is 10.2 Å². The van der Waals surface area contributed by atoms with Gasteiger partial charge in [-0.15, -0.1) is 0 Å².